The van der Waals surface area contributed by atoms with Crippen LogP contribution in [0.15, 0.2) is 24.5 Å². The lowest BCUT2D eigenvalue weighted by molar-refractivity contribution is 0.0297. The standard InChI is InChI=1S/C14H17N3O3/c1-3-15-12-10-5-4-6-16-13(10)17-7-11(12)14(19)20-8-9(2)18/h4-7,9,18H,3,8H2,1-2H3,(H,15,16,17). The molecule has 6 nitrogen and oxygen atoms in total. The van der Waals surface area contributed by atoms with E-state index in [2.05, 4.69) is 15.3 Å². The molecule has 2 aromatic rings. The third kappa shape index (κ3) is 3.03. The summed E-state index contributed by atoms with van der Waals surface area (Å²) >= 11 is 0. The summed E-state index contributed by atoms with van der Waals surface area (Å²) < 4.78 is 5.04. The van der Waals surface area contributed by atoms with Crippen molar-refractivity contribution in [3.63, 3.8) is 0 Å². The quantitative estimate of drug-likeness (QED) is 0.806. The Morgan fingerprint density at radius 2 is 2.30 bits per heavy atom. The van der Waals surface area contributed by atoms with Gasteiger partial charge in [0, 0.05) is 24.3 Å². The largest absolute Gasteiger partial charge is 0.459 e. The average molecular weight is 275 g/mol. The summed E-state index contributed by atoms with van der Waals surface area (Å²) in [5.41, 5.74) is 1.56. The van der Waals surface area contributed by atoms with Gasteiger partial charge in [-0.15, -0.1) is 0 Å². The molecule has 2 aromatic heterocycles. The third-order valence-corrected chi connectivity index (χ3v) is 2.67. The minimum absolute atomic E-state index is 0.0462. The highest BCUT2D eigenvalue weighted by Gasteiger charge is 2.17. The smallest absolute Gasteiger partial charge is 0.341 e. The number of pyridine rings is 2. The highest BCUT2D eigenvalue weighted by molar-refractivity contribution is 6.04. The van der Waals surface area contributed by atoms with Crippen molar-refractivity contribution in [2.24, 2.45) is 0 Å². The molecule has 0 saturated heterocycles. The zero-order chi connectivity index (χ0) is 14.5. The van der Waals surface area contributed by atoms with Gasteiger partial charge in [0.2, 0.25) is 0 Å². The van der Waals surface area contributed by atoms with Crippen molar-refractivity contribution >= 4 is 22.7 Å². The molecule has 0 aliphatic carbocycles. The highest BCUT2D eigenvalue weighted by atomic mass is 16.5. The molecule has 0 aromatic carbocycles. The van der Waals surface area contributed by atoms with Crippen LogP contribution < -0.4 is 5.32 Å². The second-order valence-electron chi connectivity index (χ2n) is 4.40. The number of aromatic nitrogens is 2. The predicted octanol–water partition coefficient (Wildman–Crippen LogP) is 1.60. The van der Waals surface area contributed by atoms with Crippen molar-refractivity contribution in [3.8, 4) is 0 Å². The van der Waals surface area contributed by atoms with Crippen LogP contribution in [0.25, 0.3) is 11.0 Å². The number of rotatable bonds is 5. The number of ether oxygens (including phenoxy) is 1. The van der Waals surface area contributed by atoms with Crippen molar-refractivity contribution < 1.29 is 14.6 Å². The number of hydrogen-bond acceptors (Lipinski definition) is 6. The number of carbonyl (C=O) groups is 1. The van der Waals surface area contributed by atoms with Crippen LogP contribution in [-0.2, 0) is 4.74 Å². The molecule has 0 aliphatic heterocycles. The molecule has 0 saturated carbocycles. The Morgan fingerprint density at radius 1 is 1.50 bits per heavy atom. The number of esters is 1. The van der Waals surface area contributed by atoms with E-state index in [1.54, 1.807) is 19.2 Å². The van der Waals surface area contributed by atoms with E-state index in [0.29, 0.717) is 23.4 Å². The number of anilines is 1. The predicted molar refractivity (Wildman–Crippen MR) is 75.7 cm³/mol. The summed E-state index contributed by atoms with van der Waals surface area (Å²) in [6, 6.07) is 3.63. The molecule has 2 N–H and O–H groups in total. The van der Waals surface area contributed by atoms with Gasteiger partial charge in [-0.25, -0.2) is 14.8 Å². The van der Waals surface area contributed by atoms with Gasteiger partial charge in [0.25, 0.3) is 0 Å². The fourth-order valence-corrected chi connectivity index (χ4v) is 1.83. The molecule has 2 rings (SSSR count). The van der Waals surface area contributed by atoms with E-state index < -0.39 is 12.1 Å². The Hall–Kier alpha value is -2.21. The van der Waals surface area contributed by atoms with E-state index in [-0.39, 0.29) is 6.61 Å². The number of hydrogen-bond donors (Lipinski definition) is 2. The van der Waals surface area contributed by atoms with Gasteiger partial charge in [-0.2, -0.15) is 0 Å². The van der Waals surface area contributed by atoms with Gasteiger partial charge in [0.15, 0.2) is 5.65 Å². The normalized spacial score (nSPS) is 12.2. The number of aliphatic hydroxyl groups is 1. The fraction of sp³-hybridized carbons (Fsp3) is 0.357. The van der Waals surface area contributed by atoms with Crippen molar-refractivity contribution in [2.45, 2.75) is 20.0 Å². The van der Waals surface area contributed by atoms with Gasteiger partial charge in [-0.05, 0) is 26.0 Å². The summed E-state index contributed by atoms with van der Waals surface area (Å²) in [6.07, 6.45) is 2.39. The number of nitrogens with zero attached hydrogens (tertiary/aromatic N) is 2. The fourth-order valence-electron chi connectivity index (χ4n) is 1.83. The molecule has 1 unspecified atom stereocenters. The van der Waals surface area contributed by atoms with Crippen molar-refractivity contribution in [2.75, 3.05) is 18.5 Å². The average Bonchev–Trinajstić information content (AvgIpc) is 2.45. The maximum absolute atomic E-state index is 12.1. The molecule has 0 fully saturated rings. The molecule has 20 heavy (non-hydrogen) atoms. The molecule has 0 radical (unpaired) electrons. The van der Waals surface area contributed by atoms with Crippen LogP contribution in [0.4, 0.5) is 5.69 Å². The number of fused-ring (bicyclic) bond motifs is 1. The summed E-state index contributed by atoms with van der Waals surface area (Å²) in [5, 5.41) is 13.1. The molecule has 1 atom stereocenters. The summed E-state index contributed by atoms with van der Waals surface area (Å²) in [6.45, 7) is 4.11. The molecule has 2 heterocycles. The van der Waals surface area contributed by atoms with E-state index in [1.807, 2.05) is 13.0 Å². The zero-order valence-corrected chi connectivity index (χ0v) is 11.5. The van der Waals surface area contributed by atoms with Gasteiger partial charge < -0.3 is 15.2 Å². The summed E-state index contributed by atoms with van der Waals surface area (Å²) in [5.74, 6) is -0.514. The maximum Gasteiger partial charge on any atom is 0.341 e. The second-order valence-corrected chi connectivity index (χ2v) is 4.40. The van der Waals surface area contributed by atoms with Gasteiger partial charge in [0.1, 0.15) is 12.2 Å². The SMILES string of the molecule is CCNc1c(C(=O)OCC(C)O)cnc2ncccc12. The molecule has 0 aliphatic rings. The van der Waals surface area contributed by atoms with Crippen molar-refractivity contribution in [3.05, 3.63) is 30.1 Å². The highest BCUT2D eigenvalue weighted by Crippen LogP contribution is 2.25. The van der Waals surface area contributed by atoms with Crippen molar-refractivity contribution in [1.82, 2.24) is 9.97 Å². The van der Waals surface area contributed by atoms with Crippen molar-refractivity contribution in [1.29, 1.82) is 0 Å². The Kier molecular flexibility index (Phi) is 4.47. The Morgan fingerprint density at radius 3 is 3.00 bits per heavy atom. The van der Waals surface area contributed by atoms with Crippen LogP contribution in [0.1, 0.15) is 24.2 Å². The molecule has 0 bridgehead atoms. The lowest BCUT2D eigenvalue weighted by Gasteiger charge is -2.13. The summed E-state index contributed by atoms with van der Waals surface area (Å²) in [7, 11) is 0. The number of carbonyl (C=O) groups excluding carboxylic acids is 1. The van der Waals surface area contributed by atoms with Crippen LogP contribution >= 0.6 is 0 Å². The van der Waals surface area contributed by atoms with E-state index in [4.69, 9.17) is 4.74 Å². The van der Waals surface area contributed by atoms with Crippen LogP contribution in [-0.4, -0.2) is 40.3 Å². The van der Waals surface area contributed by atoms with Crippen LogP contribution in [0.2, 0.25) is 0 Å². The third-order valence-electron chi connectivity index (χ3n) is 2.67. The molecule has 0 spiro atoms. The van der Waals surface area contributed by atoms with E-state index in [9.17, 15) is 9.90 Å². The Bertz CT molecular complexity index is 614. The maximum atomic E-state index is 12.1. The van der Waals surface area contributed by atoms with E-state index in [0.717, 1.165) is 5.39 Å². The lowest BCUT2D eigenvalue weighted by Crippen LogP contribution is -2.17. The number of aliphatic hydroxyl groups excluding tert-OH is 1. The Labute approximate surface area is 116 Å². The zero-order valence-electron chi connectivity index (χ0n) is 11.5. The number of nitrogens with one attached hydrogen (secondary N) is 1. The van der Waals surface area contributed by atoms with E-state index >= 15 is 0 Å². The van der Waals surface area contributed by atoms with Crippen LogP contribution in [0.5, 0.6) is 0 Å². The minimum Gasteiger partial charge on any atom is -0.459 e. The monoisotopic (exact) mass is 275 g/mol. The van der Waals surface area contributed by atoms with Crippen LogP contribution in [0.3, 0.4) is 0 Å². The first kappa shape index (κ1) is 14.2. The Balaban J connectivity index is 2.41. The lowest BCUT2D eigenvalue weighted by atomic mass is 10.1. The molecule has 106 valence electrons. The topological polar surface area (TPSA) is 84.3 Å². The van der Waals surface area contributed by atoms with E-state index in [1.165, 1.54) is 6.20 Å². The molecular weight excluding hydrogens is 258 g/mol. The first-order valence-electron chi connectivity index (χ1n) is 6.46. The van der Waals surface area contributed by atoms with Gasteiger partial charge in [-0.3, -0.25) is 0 Å². The van der Waals surface area contributed by atoms with Gasteiger partial charge in [0.05, 0.1) is 11.8 Å². The van der Waals surface area contributed by atoms with Crippen LogP contribution in [0, 0.1) is 0 Å². The van der Waals surface area contributed by atoms with Gasteiger partial charge in [-0.1, -0.05) is 0 Å². The first-order valence-corrected chi connectivity index (χ1v) is 6.46. The first-order chi connectivity index (χ1) is 9.63. The summed E-state index contributed by atoms with van der Waals surface area (Å²) in [4.78, 5) is 20.4. The molecular formula is C14H17N3O3. The second kappa shape index (κ2) is 6.29. The minimum atomic E-state index is -0.698. The van der Waals surface area contributed by atoms with Gasteiger partial charge >= 0.3 is 5.97 Å². The molecule has 6 heteroatoms. The molecule has 0 amide bonds.